The zero-order chi connectivity index (χ0) is 13.7. The molecule has 3 nitrogen and oxygen atoms in total. The molecule has 0 aliphatic carbocycles. The second-order valence-corrected chi connectivity index (χ2v) is 4.95. The Hall–Kier alpha value is -0.110. The Bertz CT molecular complexity index is 184. The van der Waals surface area contributed by atoms with Crippen LogP contribution in [0.2, 0.25) is 0 Å². The first kappa shape index (κ1) is 18.3. The van der Waals surface area contributed by atoms with Crippen molar-refractivity contribution in [3.63, 3.8) is 0 Å². The van der Waals surface area contributed by atoms with Crippen LogP contribution in [0.3, 0.4) is 0 Å². The molecule has 2 N–H and O–H groups in total. The molecule has 0 rings (SSSR count). The van der Waals surface area contributed by atoms with Crippen LogP contribution in [0.25, 0.3) is 0 Å². The van der Waals surface area contributed by atoms with Gasteiger partial charge in [0.25, 0.3) is 0 Å². The molecule has 0 aliphatic heterocycles. The maximum atomic E-state index is 9.87. The molecule has 0 radical (unpaired) electrons. The van der Waals surface area contributed by atoms with E-state index < -0.39 is 7.81 Å². The molecule has 10 heteroatoms. The number of rotatable bonds is 4. The first-order chi connectivity index (χ1) is 6.65. The van der Waals surface area contributed by atoms with Crippen molar-refractivity contribution in [2.75, 3.05) is 14.2 Å². The van der Waals surface area contributed by atoms with Crippen molar-refractivity contribution < 1.29 is 40.0 Å². The van der Waals surface area contributed by atoms with E-state index in [1.807, 2.05) is 19.2 Å². The Morgan fingerprint density at radius 2 is 1.00 bits per heavy atom. The van der Waals surface area contributed by atoms with Gasteiger partial charge in [-0.2, -0.15) is 0 Å². The van der Waals surface area contributed by atoms with Crippen molar-refractivity contribution in [1.29, 1.82) is 0 Å². The van der Waals surface area contributed by atoms with Gasteiger partial charge in [-0.3, -0.25) is 5.32 Å². The van der Waals surface area contributed by atoms with Crippen LogP contribution in [0.4, 0.5) is 25.2 Å². The summed E-state index contributed by atoms with van der Waals surface area (Å²) in [4.78, 5) is 0. The standard InChI is InChI=1S/C6H15NO2.F6P/c1-5(8-3)7-6(2)9-4;1-7(2,3,4,5)6/h5-7H,1-4H3;/q;-1/p+1. The molecule has 0 fully saturated rings. The summed E-state index contributed by atoms with van der Waals surface area (Å²) in [6, 6.07) is 0. The molecule has 0 saturated carbocycles. The molecule has 0 aromatic heterocycles. The van der Waals surface area contributed by atoms with Crippen LogP contribution in [0, 0.1) is 0 Å². The van der Waals surface area contributed by atoms with E-state index in [9.17, 15) is 25.2 Å². The van der Waals surface area contributed by atoms with Gasteiger partial charge in [-0.1, -0.05) is 0 Å². The summed E-state index contributed by atoms with van der Waals surface area (Å²) in [5, 5.41) is 2.00. The van der Waals surface area contributed by atoms with E-state index in [-0.39, 0.29) is 12.5 Å². The quantitative estimate of drug-likeness (QED) is 0.488. The van der Waals surface area contributed by atoms with Gasteiger partial charge in [0.05, 0.1) is 0 Å². The number of methoxy groups -OCH3 is 2. The average Bonchev–Trinajstić information content (AvgIpc) is 1.98. The summed E-state index contributed by atoms with van der Waals surface area (Å²) in [5.74, 6) is 0. The van der Waals surface area contributed by atoms with Crippen molar-refractivity contribution in [3.8, 4) is 0 Å². The number of nitrogens with two attached hydrogens (primary N) is 1. The van der Waals surface area contributed by atoms with Gasteiger partial charge in [-0.05, 0) is 0 Å². The van der Waals surface area contributed by atoms with Crippen molar-refractivity contribution in [3.05, 3.63) is 0 Å². The normalized spacial score (nSPS) is 19.9. The van der Waals surface area contributed by atoms with E-state index >= 15 is 0 Å². The minimum atomic E-state index is -10.7. The van der Waals surface area contributed by atoms with Gasteiger partial charge >= 0.3 is 33.0 Å². The molecule has 0 heterocycles. The van der Waals surface area contributed by atoms with Gasteiger partial charge in [-0.15, -0.1) is 0 Å². The SMILES string of the molecule is COC(C)[NH2+]C(C)OC.F[P-](F)(F)(F)(F)F. The van der Waals surface area contributed by atoms with E-state index in [1.165, 1.54) is 0 Å². The van der Waals surface area contributed by atoms with Crippen molar-refractivity contribution in [2.24, 2.45) is 0 Å². The van der Waals surface area contributed by atoms with Gasteiger partial charge in [0.15, 0.2) is 12.5 Å². The number of hydrogen-bond donors (Lipinski definition) is 1. The molecule has 2 unspecified atom stereocenters. The molecule has 0 bridgehead atoms. The molecule has 16 heavy (non-hydrogen) atoms. The second-order valence-electron chi connectivity index (χ2n) is 3.03. The molecule has 104 valence electrons. The molecular weight excluding hydrogens is 263 g/mol. The van der Waals surface area contributed by atoms with E-state index in [0.29, 0.717) is 0 Å². The van der Waals surface area contributed by atoms with E-state index in [4.69, 9.17) is 9.47 Å². The third-order valence-corrected chi connectivity index (χ3v) is 1.29. The monoisotopic (exact) mass is 279 g/mol. The Balaban J connectivity index is 0. The van der Waals surface area contributed by atoms with Crippen LogP contribution in [-0.4, -0.2) is 26.7 Å². The number of hydrogen-bond acceptors (Lipinski definition) is 2. The first-order valence-corrected chi connectivity index (χ1v) is 6.15. The molecule has 0 saturated heterocycles. The van der Waals surface area contributed by atoms with Crippen LogP contribution in [0.1, 0.15) is 13.8 Å². The molecule has 0 spiro atoms. The van der Waals surface area contributed by atoms with Gasteiger partial charge in [0, 0.05) is 28.1 Å². The van der Waals surface area contributed by atoms with Gasteiger partial charge in [0.1, 0.15) is 0 Å². The zero-order valence-corrected chi connectivity index (χ0v) is 10.2. The molecule has 0 amide bonds. The number of halogens is 6. The van der Waals surface area contributed by atoms with Crippen molar-refractivity contribution >= 4 is 7.81 Å². The summed E-state index contributed by atoms with van der Waals surface area (Å²) in [6.45, 7) is 3.96. The fourth-order valence-electron chi connectivity index (χ4n) is 0.539. The minimum absolute atomic E-state index is 0.181. The van der Waals surface area contributed by atoms with Crippen molar-refractivity contribution in [1.82, 2.24) is 0 Å². The summed E-state index contributed by atoms with van der Waals surface area (Å²) in [6.07, 6.45) is 0.361. The fraction of sp³-hybridized carbons (Fsp3) is 1.00. The van der Waals surface area contributed by atoms with E-state index in [0.717, 1.165) is 0 Å². The topological polar surface area (TPSA) is 35.1 Å². The Labute approximate surface area is 89.3 Å². The Morgan fingerprint density at radius 3 is 1.12 bits per heavy atom. The van der Waals surface area contributed by atoms with Crippen LogP contribution >= 0.6 is 7.81 Å². The average molecular weight is 279 g/mol. The molecule has 2 atom stereocenters. The molecular formula is C6H16F6NO2P. The van der Waals surface area contributed by atoms with Gasteiger partial charge in [-0.25, -0.2) is 0 Å². The predicted molar refractivity (Wildman–Crippen MR) is 48.4 cm³/mol. The van der Waals surface area contributed by atoms with Crippen LogP contribution in [-0.2, 0) is 9.47 Å². The summed E-state index contributed by atoms with van der Waals surface area (Å²) in [5.41, 5.74) is 0. The van der Waals surface area contributed by atoms with Crippen LogP contribution in [0.15, 0.2) is 0 Å². The molecule has 0 aromatic carbocycles. The zero-order valence-electron chi connectivity index (χ0n) is 9.26. The number of ether oxygens (including phenoxy) is 2. The van der Waals surface area contributed by atoms with Gasteiger partial charge < -0.3 is 9.47 Å². The van der Waals surface area contributed by atoms with Gasteiger partial charge in [0.2, 0.25) is 0 Å². The van der Waals surface area contributed by atoms with E-state index in [2.05, 4.69) is 0 Å². The Kier molecular flexibility index (Phi) is 5.74. The summed E-state index contributed by atoms with van der Waals surface area (Å²) in [7, 11) is -7.29. The fourth-order valence-corrected chi connectivity index (χ4v) is 0.539. The molecule has 0 aromatic rings. The third-order valence-electron chi connectivity index (χ3n) is 1.29. The summed E-state index contributed by atoms with van der Waals surface area (Å²) < 4.78 is 69.2. The predicted octanol–water partition coefficient (Wildman–Crippen LogP) is 2.92. The Morgan fingerprint density at radius 1 is 0.812 bits per heavy atom. The van der Waals surface area contributed by atoms with Crippen LogP contribution in [0.5, 0.6) is 0 Å². The first-order valence-electron chi connectivity index (χ1n) is 4.12. The summed E-state index contributed by atoms with van der Waals surface area (Å²) >= 11 is 0. The third kappa shape index (κ3) is 37.1. The van der Waals surface area contributed by atoms with E-state index in [1.54, 1.807) is 14.2 Å². The second kappa shape index (κ2) is 5.03. The van der Waals surface area contributed by atoms with Crippen molar-refractivity contribution in [2.45, 2.75) is 26.3 Å². The van der Waals surface area contributed by atoms with Crippen LogP contribution < -0.4 is 5.32 Å². The number of quaternary nitrogens is 1. The molecule has 0 aliphatic rings. The maximum absolute atomic E-state index is 10.7.